The molecule has 0 amide bonds. The fourth-order valence-corrected chi connectivity index (χ4v) is 3.09. The number of hydrogen-bond acceptors (Lipinski definition) is 1. The van der Waals surface area contributed by atoms with E-state index in [0.29, 0.717) is 0 Å². The monoisotopic (exact) mass is 208 g/mol. The molecule has 0 spiro atoms. The average Bonchev–Trinajstić information content (AvgIpc) is 2.37. The highest BCUT2D eigenvalue weighted by molar-refractivity contribution is 9.09. The summed E-state index contributed by atoms with van der Waals surface area (Å²) in [4.78, 5) is 0. The highest BCUT2D eigenvalue weighted by Gasteiger charge is 2.20. The number of hydrogen-bond donors (Lipinski definition) is 0. The Balaban J connectivity index is 2.24. The number of halogens is 1. The summed E-state index contributed by atoms with van der Waals surface area (Å²) >= 11 is 5.62. The molecule has 0 aromatic heterocycles. The zero-order valence-electron chi connectivity index (χ0n) is 5.77. The molecule has 9 heavy (non-hydrogen) atoms. The Morgan fingerprint density at radius 2 is 2.56 bits per heavy atom. The molecule has 0 bridgehead atoms. The fraction of sp³-hybridized carbons (Fsp3) is 1.00. The van der Waals surface area contributed by atoms with Crippen molar-refractivity contribution in [3.05, 3.63) is 0 Å². The predicted octanol–water partition coefficient (Wildman–Crippen LogP) is 2.77. The minimum absolute atomic E-state index is 0.889. The van der Waals surface area contributed by atoms with Crippen LogP contribution < -0.4 is 0 Å². The van der Waals surface area contributed by atoms with Crippen molar-refractivity contribution in [2.75, 3.05) is 16.8 Å². The third-order valence-electron chi connectivity index (χ3n) is 2.01. The molecule has 0 nitrogen and oxygen atoms in total. The number of rotatable bonds is 2. The van der Waals surface area contributed by atoms with Gasteiger partial charge >= 0.3 is 0 Å². The molecule has 0 radical (unpaired) electrons. The van der Waals surface area contributed by atoms with Gasteiger partial charge in [0.15, 0.2) is 0 Å². The summed E-state index contributed by atoms with van der Waals surface area (Å²) < 4.78 is 0. The standard InChI is InChI=1S/C7H13BrS/c1-6(4-8)7-2-3-9-5-7/h6-7H,2-5H2,1H3. The van der Waals surface area contributed by atoms with E-state index in [2.05, 4.69) is 34.6 Å². The molecule has 2 atom stereocenters. The van der Waals surface area contributed by atoms with E-state index in [0.717, 1.165) is 11.8 Å². The van der Waals surface area contributed by atoms with Gasteiger partial charge in [0.05, 0.1) is 0 Å². The summed E-state index contributed by atoms with van der Waals surface area (Å²) in [5, 5.41) is 1.18. The second-order valence-electron chi connectivity index (χ2n) is 2.76. The molecule has 0 aromatic rings. The van der Waals surface area contributed by atoms with Crippen LogP contribution in [0.2, 0.25) is 0 Å². The van der Waals surface area contributed by atoms with E-state index in [1.807, 2.05) is 0 Å². The van der Waals surface area contributed by atoms with Gasteiger partial charge in [-0.2, -0.15) is 11.8 Å². The topological polar surface area (TPSA) is 0 Å². The van der Waals surface area contributed by atoms with Crippen molar-refractivity contribution in [1.29, 1.82) is 0 Å². The third kappa shape index (κ3) is 2.15. The molecule has 2 unspecified atom stereocenters. The summed E-state index contributed by atoms with van der Waals surface area (Å²) in [6, 6.07) is 0. The van der Waals surface area contributed by atoms with Crippen LogP contribution in [0, 0.1) is 11.8 Å². The van der Waals surface area contributed by atoms with Gasteiger partial charge < -0.3 is 0 Å². The zero-order valence-corrected chi connectivity index (χ0v) is 8.17. The van der Waals surface area contributed by atoms with Crippen LogP contribution in [0.25, 0.3) is 0 Å². The summed E-state index contributed by atoms with van der Waals surface area (Å²) in [5.74, 6) is 4.67. The smallest absolute Gasteiger partial charge is 0.00599 e. The van der Waals surface area contributed by atoms with Crippen LogP contribution in [0.3, 0.4) is 0 Å². The maximum atomic E-state index is 3.52. The van der Waals surface area contributed by atoms with Gasteiger partial charge in [0, 0.05) is 5.33 Å². The Hall–Kier alpha value is 0.830. The molecule has 1 rings (SSSR count). The van der Waals surface area contributed by atoms with E-state index < -0.39 is 0 Å². The van der Waals surface area contributed by atoms with Gasteiger partial charge in [0.25, 0.3) is 0 Å². The first-order valence-corrected chi connectivity index (χ1v) is 5.76. The van der Waals surface area contributed by atoms with Crippen molar-refractivity contribution in [1.82, 2.24) is 0 Å². The fourth-order valence-electron chi connectivity index (χ4n) is 1.13. The van der Waals surface area contributed by atoms with E-state index in [9.17, 15) is 0 Å². The molecule has 1 aliphatic rings. The maximum Gasteiger partial charge on any atom is 0.00599 e. The van der Waals surface area contributed by atoms with Crippen LogP contribution >= 0.6 is 27.7 Å². The molecule has 0 N–H and O–H groups in total. The molecule has 0 saturated carbocycles. The average molecular weight is 209 g/mol. The van der Waals surface area contributed by atoms with Gasteiger partial charge in [-0.25, -0.2) is 0 Å². The lowest BCUT2D eigenvalue weighted by Gasteiger charge is -2.13. The minimum atomic E-state index is 0.889. The normalized spacial score (nSPS) is 30.7. The molecular formula is C7H13BrS. The van der Waals surface area contributed by atoms with E-state index >= 15 is 0 Å². The quantitative estimate of drug-likeness (QED) is 0.630. The highest BCUT2D eigenvalue weighted by Crippen LogP contribution is 2.30. The molecule has 1 heterocycles. The first kappa shape index (κ1) is 7.93. The lowest BCUT2D eigenvalue weighted by Crippen LogP contribution is -2.11. The minimum Gasteiger partial charge on any atom is -0.162 e. The lowest BCUT2D eigenvalue weighted by molar-refractivity contribution is 0.439. The van der Waals surface area contributed by atoms with Crippen molar-refractivity contribution in [3.63, 3.8) is 0 Å². The molecule has 2 heteroatoms. The Morgan fingerprint density at radius 1 is 1.78 bits per heavy atom. The van der Waals surface area contributed by atoms with Crippen molar-refractivity contribution >= 4 is 27.7 Å². The van der Waals surface area contributed by atoms with Crippen molar-refractivity contribution in [2.24, 2.45) is 11.8 Å². The van der Waals surface area contributed by atoms with Crippen LogP contribution in [0.1, 0.15) is 13.3 Å². The summed E-state index contributed by atoms with van der Waals surface area (Å²) in [7, 11) is 0. The van der Waals surface area contributed by atoms with Crippen LogP contribution in [-0.4, -0.2) is 16.8 Å². The molecule has 0 aromatic carbocycles. The van der Waals surface area contributed by atoms with Crippen molar-refractivity contribution in [3.8, 4) is 0 Å². The summed E-state index contributed by atoms with van der Waals surface area (Å²) in [6.45, 7) is 2.34. The Kier molecular flexibility index (Phi) is 3.41. The van der Waals surface area contributed by atoms with Gasteiger partial charge in [-0.3, -0.25) is 0 Å². The molecular weight excluding hydrogens is 196 g/mol. The second-order valence-corrected chi connectivity index (χ2v) is 4.55. The molecule has 1 aliphatic heterocycles. The molecule has 1 saturated heterocycles. The van der Waals surface area contributed by atoms with Gasteiger partial charge in [0.2, 0.25) is 0 Å². The Bertz CT molecular complexity index is 79.0. The van der Waals surface area contributed by atoms with Gasteiger partial charge in [0.1, 0.15) is 0 Å². The van der Waals surface area contributed by atoms with Crippen LogP contribution in [0.4, 0.5) is 0 Å². The van der Waals surface area contributed by atoms with Crippen LogP contribution in [-0.2, 0) is 0 Å². The highest BCUT2D eigenvalue weighted by atomic mass is 79.9. The summed E-state index contributed by atoms with van der Waals surface area (Å²) in [5.41, 5.74) is 0. The lowest BCUT2D eigenvalue weighted by atomic mass is 9.96. The second kappa shape index (κ2) is 3.87. The van der Waals surface area contributed by atoms with Crippen molar-refractivity contribution < 1.29 is 0 Å². The SMILES string of the molecule is CC(CBr)C1CCSC1. The van der Waals surface area contributed by atoms with Gasteiger partial charge in [-0.15, -0.1) is 0 Å². The van der Waals surface area contributed by atoms with Gasteiger partial charge in [-0.05, 0) is 29.8 Å². The summed E-state index contributed by atoms with van der Waals surface area (Å²) in [6.07, 6.45) is 1.44. The van der Waals surface area contributed by atoms with E-state index in [4.69, 9.17) is 0 Å². The Morgan fingerprint density at radius 3 is 3.00 bits per heavy atom. The largest absolute Gasteiger partial charge is 0.162 e. The molecule has 54 valence electrons. The van der Waals surface area contributed by atoms with Gasteiger partial charge in [-0.1, -0.05) is 22.9 Å². The maximum absolute atomic E-state index is 3.52. The van der Waals surface area contributed by atoms with Crippen molar-refractivity contribution in [2.45, 2.75) is 13.3 Å². The molecule has 0 aliphatic carbocycles. The number of alkyl halides is 1. The number of thioether (sulfide) groups is 1. The first-order valence-electron chi connectivity index (χ1n) is 3.48. The van der Waals surface area contributed by atoms with E-state index in [1.54, 1.807) is 0 Å². The molecule has 1 fully saturated rings. The third-order valence-corrected chi connectivity index (χ3v) is 4.22. The van der Waals surface area contributed by atoms with E-state index in [-0.39, 0.29) is 0 Å². The first-order chi connectivity index (χ1) is 4.34. The van der Waals surface area contributed by atoms with E-state index in [1.165, 1.54) is 23.3 Å². The Labute approximate surface area is 69.9 Å². The predicted molar refractivity (Wildman–Crippen MR) is 48.4 cm³/mol. The van der Waals surface area contributed by atoms with Crippen LogP contribution in [0.5, 0.6) is 0 Å². The zero-order chi connectivity index (χ0) is 6.69. The van der Waals surface area contributed by atoms with Crippen LogP contribution in [0.15, 0.2) is 0 Å².